The molecule has 0 amide bonds. The van der Waals surface area contributed by atoms with E-state index in [0.717, 1.165) is 6.42 Å². The number of rotatable bonds is 10. The summed E-state index contributed by atoms with van der Waals surface area (Å²) in [7, 11) is 0. The molecule has 6 heteroatoms. The van der Waals surface area contributed by atoms with Gasteiger partial charge in [0.1, 0.15) is 0 Å². The number of ether oxygens (including phenoxy) is 2. The lowest BCUT2D eigenvalue weighted by Crippen LogP contribution is -2.44. The highest BCUT2D eigenvalue weighted by Crippen LogP contribution is 2.36. The third kappa shape index (κ3) is 5.36. The van der Waals surface area contributed by atoms with E-state index in [4.69, 9.17) is 14.6 Å². The molecule has 0 aliphatic rings. The average molecular weight is 302 g/mol. The van der Waals surface area contributed by atoms with Gasteiger partial charge in [-0.3, -0.25) is 14.4 Å². The van der Waals surface area contributed by atoms with Gasteiger partial charge in [-0.15, -0.1) is 0 Å². The topological polar surface area (TPSA) is 89.9 Å². The molecule has 0 saturated heterocycles. The Labute approximate surface area is 125 Å². The number of hydrogen-bond donors (Lipinski definition) is 1. The summed E-state index contributed by atoms with van der Waals surface area (Å²) >= 11 is 0. The zero-order valence-electron chi connectivity index (χ0n) is 13.3. The molecule has 0 aromatic heterocycles. The van der Waals surface area contributed by atoms with Gasteiger partial charge in [-0.25, -0.2) is 0 Å². The van der Waals surface area contributed by atoms with Gasteiger partial charge in [0.2, 0.25) is 0 Å². The molecule has 1 atom stereocenters. The average Bonchev–Trinajstić information content (AvgIpc) is 2.43. The van der Waals surface area contributed by atoms with Gasteiger partial charge in [-0.05, 0) is 26.7 Å². The van der Waals surface area contributed by atoms with Gasteiger partial charge in [0, 0.05) is 0 Å². The fourth-order valence-electron chi connectivity index (χ4n) is 2.18. The van der Waals surface area contributed by atoms with E-state index >= 15 is 0 Å². The predicted molar refractivity (Wildman–Crippen MR) is 76.6 cm³/mol. The van der Waals surface area contributed by atoms with Gasteiger partial charge in [-0.1, -0.05) is 26.7 Å². The highest BCUT2D eigenvalue weighted by molar-refractivity contribution is 6.00. The Bertz CT molecular complexity index is 345. The lowest BCUT2D eigenvalue weighted by Gasteiger charge is -2.30. The lowest BCUT2D eigenvalue weighted by molar-refractivity contribution is -0.175. The van der Waals surface area contributed by atoms with E-state index in [2.05, 4.69) is 0 Å². The largest absolute Gasteiger partial charge is 0.481 e. The molecular formula is C15H26O6. The van der Waals surface area contributed by atoms with Crippen LogP contribution in [0.25, 0.3) is 0 Å². The van der Waals surface area contributed by atoms with Crippen molar-refractivity contribution in [2.45, 2.75) is 53.4 Å². The zero-order chi connectivity index (χ0) is 16.5. The number of carboxylic acids is 1. The van der Waals surface area contributed by atoms with Crippen molar-refractivity contribution in [1.29, 1.82) is 0 Å². The molecule has 1 unspecified atom stereocenters. The van der Waals surface area contributed by atoms with Crippen molar-refractivity contribution in [3.8, 4) is 0 Å². The van der Waals surface area contributed by atoms with E-state index in [1.54, 1.807) is 13.8 Å². The number of unbranched alkanes of at least 4 members (excludes halogenated alkanes) is 1. The minimum atomic E-state index is -1.53. The van der Waals surface area contributed by atoms with Crippen LogP contribution in [0.1, 0.15) is 53.4 Å². The van der Waals surface area contributed by atoms with Crippen molar-refractivity contribution in [3.63, 3.8) is 0 Å². The zero-order valence-corrected chi connectivity index (χ0v) is 13.3. The van der Waals surface area contributed by atoms with Crippen LogP contribution in [0.3, 0.4) is 0 Å². The lowest BCUT2D eigenvalue weighted by atomic mass is 9.75. The molecule has 0 spiro atoms. The minimum Gasteiger partial charge on any atom is -0.481 e. The summed E-state index contributed by atoms with van der Waals surface area (Å²) in [4.78, 5) is 35.8. The first kappa shape index (κ1) is 19.4. The number of aliphatic carboxylic acids is 1. The van der Waals surface area contributed by atoms with Crippen molar-refractivity contribution >= 4 is 17.9 Å². The van der Waals surface area contributed by atoms with E-state index in [1.165, 1.54) is 6.92 Å². The first-order valence-electron chi connectivity index (χ1n) is 7.42. The predicted octanol–water partition coefficient (Wildman–Crippen LogP) is 2.40. The first-order valence-corrected chi connectivity index (χ1v) is 7.42. The van der Waals surface area contributed by atoms with Crippen LogP contribution in [0.2, 0.25) is 0 Å². The maximum absolute atomic E-state index is 12.3. The molecule has 0 rings (SSSR count). The second-order valence-corrected chi connectivity index (χ2v) is 5.07. The van der Waals surface area contributed by atoms with Crippen molar-refractivity contribution < 1.29 is 29.0 Å². The Morgan fingerprint density at radius 2 is 1.52 bits per heavy atom. The van der Waals surface area contributed by atoms with E-state index in [9.17, 15) is 14.4 Å². The Hall–Kier alpha value is -1.59. The monoisotopic (exact) mass is 302 g/mol. The summed E-state index contributed by atoms with van der Waals surface area (Å²) in [5, 5.41) is 9.09. The van der Waals surface area contributed by atoms with Crippen LogP contribution in [0, 0.1) is 11.3 Å². The smallest absolute Gasteiger partial charge is 0.323 e. The molecule has 0 radical (unpaired) electrons. The van der Waals surface area contributed by atoms with Crippen molar-refractivity contribution in [3.05, 3.63) is 0 Å². The van der Waals surface area contributed by atoms with Gasteiger partial charge < -0.3 is 14.6 Å². The van der Waals surface area contributed by atoms with Crippen LogP contribution in [-0.4, -0.2) is 36.2 Å². The standard InChI is InChI=1S/C15H26O6/c1-5-8-9-15(13(18)20-6-2,14(19)21-7-3)10-11(4)12(16)17/h11H,5-10H2,1-4H3,(H,16,17). The molecule has 122 valence electrons. The SMILES string of the molecule is CCCCC(CC(C)C(=O)O)(C(=O)OCC)C(=O)OCC. The highest BCUT2D eigenvalue weighted by atomic mass is 16.6. The van der Waals surface area contributed by atoms with E-state index in [0.29, 0.717) is 6.42 Å². The van der Waals surface area contributed by atoms with Crippen molar-refractivity contribution in [2.24, 2.45) is 11.3 Å². The Kier molecular flexibility index (Phi) is 8.66. The molecule has 21 heavy (non-hydrogen) atoms. The van der Waals surface area contributed by atoms with Crippen molar-refractivity contribution in [2.75, 3.05) is 13.2 Å². The summed E-state index contributed by atoms with van der Waals surface area (Å²) in [6, 6.07) is 0. The number of esters is 2. The van der Waals surface area contributed by atoms with Crippen LogP contribution in [0.15, 0.2) is 0 Å². The van der Waals surface area contributed by atoms with Crippen LogP contribution >= 0.6 is 0 Å². The fourth-order valence-corrected chi connectivity index (χ4v) is 2.18. The summed E-state index contributed by atoms with van der Waals surface area (Å²) in [6.45, 7) is 6.97. The molecule has 0 aromatic rings. The number of hydrogen-bond acceptors (Lipinski definition) is 5. The fraction of sp³-hybridized carbons (Fsp3) is 0.800. The molecule has 0 aliphatic carbocycles. The summed E-state index contributed by atoms with van der Waals surface area (Å²) in [5.41, 5.74) is -1.53. The second-order valence-electron chi connectivity index (χ2n) is 5.07. The van der Waals surface area contributed by atoms with Crippen LogP contribution in [0.5, 0.6) is 0 Å². The molecule has 1 N–H and O–H groups in total. The Balaban J connectivity index is 5.52. The molecule has 6 nitrogen and oxygen atoms in total. The van der Waals surface area contributed by atoms with Gasteiger partial charge in [0.05, 0.1) is 19.1 Å². The van der Waals surface area contributed by atoms with Crippen LogP contribution in [0.4, 0.5) is 0 Å². The first-order chi connectivity index (χ1) is 9.85. The molecule has 0 saturated carbocycles. The maximum Gasteiger partial charge on any atom is 0.323 e. The van der Waals surface area contributed by atoms with Crippen LogP contribution < -0.4 is 0 Å². The quantitative estimate of drug-likeness (QED) is 0.492. The third-order valence-corrected chi connectivity index (χ3v) is 3.37. The molecule has 0 bridgehead atoms. The number of carbonyl (C=O) groups excluding carboxylic acids is 2. The number of carboxylic acid groups (broad SMARTS) is 1. The van der Waals surface area contributed by atoms with Gasteiger partial charge >= 0.3 is 17.9 Å². The molecule has 0 aromatic carbocycles. The van der Waals surface area contributed by atoms with E-state index in [-0.39, 0.29) is 26.1 Å². The van der Waals surface area contributed by atoms with Crippen molar-refractivity contribution in [1.82, 2.24) is 0 Å². The van der Waals surface area contributed by atoms with Gasteiger partial charge in [-0.2, -0.15) is 0 Å². The second kappa shape index (κ2) is 9.37. The number of carbonyl (C=O) groups is 3. The molecule has 0 aliphatic heterocycles. The third-order valence-electron chi connectivity index (χ3n) is 3.37. The van der Waals surface area contributed by atoms with E-state index < -0.39 is 29.2 Å². The Morgan fingerprint density at radius 3 is 1.86 bits per heavy atom. The van der Waals surface area contributed by atoms with E-state index in [1.807, 2.05) is 6.92 Å². The maximum atomic E-state index is 12.3. The minimum absolute atomic E-state index is 0.111. The van der Waals surface area contributed by atoms with Gasteiger partial charge in [0.15, 0.2) is 5.41 Å². The van der Waals surface area contributed by atoms with Gasteiger partial charge in [0.25, 0.3) is 0 Å². The molecule has 0 heterocycles. The highest BCUT2D eigenvalue weighted by Gasteiger charge is 2.49. The normalized spacial score (nSPS) is 12.6. The Morgan fingerprint density at radius 1 is 1.05 bits per heavy atom. The summed E-state index contributed by atoms with van der Waals surface area (Å²) in [5.74, 6) is -3.27. The van der Waals surface area contributed by atoms with Crippen LogP contribution in [-0.2, 0) is 23.9 Å². The summed E-state index contributed by atoms with van der Waals surface area (Å²) in [6.07, 6.45) is 1.52. The molecule has 0 fully saturated rings. The summed E-state index contributed by atoms with van der Waals surface area (Å²) < 4.78 is 10.0. The molecular weight excluding hydrogens is 276 g/mol.